The van der Waals surface area contributed by atoms with Crippen LogP contribution in [-0.4, -0.2) is 60.6 Å². The molecule has 1 aromatic heterocycles. The van der Waals surface area contributed by atoms with Crippen LogP contribution in [0.2, 0.25) is 0 Å². The summed E-state index contributed by atoms with van der Waals surface area (Å²) in [5.74, 6) is 2.56. The van der Waals surface area contributed by atoms with Crippen LogP contribution in [0.4, 0.5) is 5.69 Å². The molecule has 9 heteroatoms. The average molecular weight is 543 g/mol. The van der Waals surface area contributed by atoms with E-state index >= 15 is 0 Å². The Morgan fingerprint density at radius 3 is 2.45 bits per heavy atom. The van der Waals surface area contributed by atoms with Crippen LogP contribution in [0, 0.1) is 6.92 Å². The van der Waals surface area contributed by atoms with E-state index in [0.717, 1.165) is 69.7 Å². The Morgan fingerprint density at radius 2 is 1.81 bits per heavy atom. The van der Waals surface area contributed by atoms with Crippen LogP contribution in [-0.2, 0) is 18.3 Å². The van der Waals surface area contributed by atoms with Crippen LogP contribution in [0.1, 0.15) is 37.8 Å². The Labute approximate surface area is 203 Å². The van der Waals surface area contributed by atoms with Gasteiger partial charge < -0.3 is 24.8 Å². The molecule has 2 N–H and O–H groups in total. The monoisotopic (exact) mass is 543 g/mol. The quantitative estimate of drug-likeness (QED) is 0.175. The number of hydrogen-bond acceptors (Lipinski definition) is 5. The zero-order chi connectivity index (χ0) is 21.6. The van der Waals surface area contributed by atoms with E-state index in [1.165, 1.54) is 5.69 Å². The van der Waals surface area contributed by atoms with E-state index in [1.54, 1.807) is 0 Å². The molecule has 0 saturated heterocycles. The second-order valence-electron chi connectivity index (χ2n) is 7.26. The molecule has 1 aromatic carbocycles. The van der Waals surface area contributed by atoms with E-state index in [1.807, 2.05) is 31.5 Å². The molecule has 0 amide bonds. The van der Waals surface area contributed by atoms with Gasteiger partial charge in [0.1, 0.15) is 12.4 Å². The van der Waals surface area contributed by atoms with E-state index in [0.29, 0.717) is 6.54 Å². The zero-order valence-corrected chi connectivity index (χ0v) is 21.6. The lowest BCUT2D eigenvalue weighted by atomic mass is 10.3. The van der Waals surface area contributed by atoms with Gasteiger partial charge in [0.05, 0.1) is 0 Å². The Bertz CT molecular complexity index is 752. The largest absolute Gasteiger partial charge is 0.382 e. The molecule has 0 aliphatic heterocycles. The van der Waals surface area contributed by atoms with Crippen LogP contribution in [0.3, 0.4) is 0 Å². The number of rotatable bonds is 13. The van der Waals surface area contributed by atoms with Gasteiger partial charge in [-0.25, -0.2) is 4.99 Å². The van der Waals surface area contributed by atoms with Crippen LogP contribution in [0.25, 0.3) is 0 Å². The number of para-hydroxylation sites is 1. The first-order valence-electron chi connectivity index (χ1n) is 10.8. The number of nitrogens with zero attached hydrogens (tertiary/aromatic N) is 5. The lowest BCUT2D eigenvalue weighted by molar-refractivity contribution is 0.143. The zero-order valence-electron chi connectivity index (χ0n) is 19.3. The van der Waals surface area contributed by atoms with Crippen molar-refractivity contribution in [1.82, 2.24) is 25.4 Å². The fraction of sp³-hybridized carbons (Fsp3) is 0.591. The number of hydrogen-bond donors (Lipinski definition) is 2. The number of benzene rings is 1. The van der Waals surface area contributed by atoms with Gasteiger partial charge in [0, 0.05) is 52.6 Å². The molecule has 0 atom stereocenters. The van der Waals surface area contributed by atoms with E-state index in [4.69, 9.17) is 9.73 Å². The Morgan fingerprint density at radius 1 is 1.10 bits per heavy atom. The highest BCUT2D eigenvalue weighted by atomic mass is 127. The van der Waals surface area contributed by atoms with Crippen LogP contribution in [0.5, 0.6) is 0 Å². The fourth-order valence-corrected chi connectivity index (χ4v) is 2.93. The first kappa shape index (κ1) is 27.2. The van der Waals surface area contributed by atoms with Crippen molar-refractivity contribution in [3.8, 4) is 0 Å². The molecule has 2 aromatic rings. The molecule has 0 unspecified atom stereocenters. The van der Waals surface area contributed by atoms with Crippen molar-refractivity contribution in [3.63, 3.8) is 0 Å². The number of anilines is 1. The summed E-state index contributed by atoms with van der Waals surface area (Å²) in [5.41, 5.74) is 1.23. The number of halogens is 1. The average Bonchev–Trinajstić information content (AvgIpc) is 3.09. The number of aryl methyl sites for hydroxylation is 1. The van der Waals surface area contributed by atoms with Crippen LogP contribution >= 0.6 is 24.0 Å². The summed E-state index contributed by atoms with van der Waals surface area (Å²) >= 11 is 0. The molecule has 31 heavy (non-hydrogen) atoms. The lowest BCUT2D eigenvalue weighted by Crippen LogP contribution is -2.39. The van der Waals surface area contributed by atoms with Gasteiger partial charge in [-0.15, -0.1) is 34.2 Å². The Balaban J connectivity index is 0.00000480. The highest BCUT2D eigenvalue weighted by Crippen LogP contribution is 2.10. The van der Waals surface area contributed by atoms with Gasteiger partial charge in [-0.3, -0.25) is 0 Å². The molecule has 0 aliphatic rings. The van der Waals surface area contributed by atoms with Gasteiger partial charge in [-0.05, 0) is 45.2 Å². The maximum Gasteiger partial charge on any atom is 0.191 e. The summed E-state index contributed by atoms with van der Waals surface area (Å²) in [4.78, 5) is 6.97. The molecule has 0 spiro atoms. The fourth-order valence-electron chi connectivity index (χ4n) is 2.93. The third-order valence-corrected chi connectivity index (χ3v) is 4.93. The van der Waals surface area contributed by atoms with E-state index in [-0.39, 0.29) is 24.0 Å². The topological polar surface area (TPSA) is 79.6 Å². The third-order valence-electron chi connectivity index (χ3n) is 4.93. The molecule has 0 saturated carbocycles. The molecular weight excluding hydrogens is 505 g/mol. The first-order valence-corrected chi connectivity index (χ1v) is 10.8. The molecule has 1 heterocycles. The molecule has 0 aliphatic carbocycles. The number of nitrogens with one attached hydrogen (secondary N) is 2. The predicted molar refractivity (Wildman–Crippen MR) is 138 cm³/mol. The first-order chi connectivity index (χ1) is 14.6. The normalized spacial score (nSPS) is 11.2. The van der Waals surface area contributed by atoms with Crippen molar-refractivity contribution in [3.05, 3.63) is 42.0 Å². The van der Waals surface area contributed by atoms with Crippen molar-refractivity contribution >= 4 is 35.6 Å². The van der Waals surface area contributed by atoms with Crippen molar-refractivity contribution < 1.29 is 4.74 Å². The minimum atomic E-state index is 0. The number of aliphatic imine (C=N–C) groups is 1. The molecule has 174 valence electrons. The predicted octanol–water partition coefficient (Wildman–Crippen LogP) is 3.12. The molecule has 0 radical (unpaired) electrons. The number of ether oxygens (including phenoxy) is 1. The van der Waals surface area contributed by atoms with Crippen molar-refractivity contribution in [2.24, 2.45) is 12.0 Å². The molecular formula is C22H38IN7O. The summed E-state index contributed by atoms with van der Waals surface area (Å²) in [6.07, 6.45) is 3.10. The minimum Gasteiger partial charge on any atom is -0.382 e. The van der Waals surface area contributed by atoms with Gasteiger partial charge >= 0.3 is 0 Å². The summed E-state index contributed by atoms with van der Waals surface area (Å²) in [7, 11) is 4.09. The highest BCUT2D eigenvalue weighted by Gasteiger charge is 2.06. The van der Waals surface area contributed by atoms with Crippen molar-refractivity contribution in [2.75, 3.05) is 44.8 Å². The second-order valence-corrected chi connectivity index (χ2v) is 7.26. The maximum absolute atomic E-state index is 5.40. The van der Waals surface area contributed by atoms with Crippen LogP contribution in [0.15, 0.2) is 35.3 Å². The Kier molecular flexibility index (Phi) is 13.9. The summed E-state index contributed by atoms with van der Waals surface area (Å²) in [5, 5.41) is 15.2. The lowest BCUT2D eigenvalue weighted by Gasteiger charge is -2.19. The summed E-state index contributed by atoms with van der Waals surface area (Å²) in [6.45, 7) is 8.73. The maximum atomic E-state index is 5.40. The summed E-state index contributed by atoms with van der Waals surface area (Å²) < 4.78 is 7.37. The van der Waals surface area contributed by atoms with Crippen LogP contribution < -0.4 is 15.5 Å². The van der Waals surface area contributed by atoms with Gasteiger partial charge in [-0.1, -0.05) is 18.2 Å². The van der Waals surface area contributed by atoms with Gasteiger partial charge in [0.2, 0.25) is 0 Å². The van der Waals surface area contributed by atoms with Crippen molar-refractivity contribution in [1.29, 1.82) is 0 Å². The van der Waals surface area contributed by atoms with Gasteiger partial charge in [-0.2, -0.15) is 0 Å². The van der Waals surface area contributed by atoms with Gasteiger partial charge in [0.25, 0.3) is 0 Å². The molecule has 0 fully saturated rings. The molecule has 8 nitrogen and oxygen atoms in total. The standard InChI is InChI=1S/C22H37N7O.HI/c1-5-30-17-10-9-14-23-22(25-18-21-27-26-19(2)29(21)4)24-15-11-16-28(3)20-12-7-6-8-13-20;/h6-8,12-13H,5,9-11,14-18H2,1-4H3,(H2,23,24,25);1H. The SMILES string of the molecule is CCOCCCCNC(=NCc1nnc(C)n1C)NCCCN(C)c1ccccc1.I. The van der Waals surface area contributed by atoms with Gasteiger partial charge in [0.15, 0.2) is 11.8 Å². The van der Waals surface area contributed by atoms with Crippen molar-refractivity contribution in [2.45, 2.75) is 39.7 Å². The highest BCUT2D eigenvalue weighted by molar-refractivity contribution is 14.0. The molecule has 2 rings (SSSR count). The molecule has 0 bridgehead atoms. The number of guanidine groups is 1. The number of aromatic nitrogens is 3. The smallest absolute Gasteiger partial charge is 0.191 e. The Hall–Kier alpha value is -1.88. The number of unbranched alkanes of at least 4 members (excludes halogenated alkanes) is 1. The van der Waals surface area contributed by atoms with E-state index in [9.17, 15) is 0 Å². The van der Waals surface area contributed by atoms with E-state index < -0.39 is 0 Å². The third kappa shape index (κ3) is 10.3. The van der Waals surface area contributed by atoms with E-state index in [2.05, 4.69) is 57.0 Å². The summed E-state index contributed by atoms with van der Waals surface area (Å²) in [6, 6.07) is 10.4. The second kappa shape index (κ2) is 15.9. The minimum absolute atomic E-state index is 0.